The van der Waals surface area contributed by atoms with Gasteiger partial charge in [-0.15, -0.1) is 10.2 Å². The molecule has 1 N–H and O–H groups in total. The van der Waals surface area contributed by atoms with Gasteiger partial charge in [-0.05, 0) is 49.4 Å². The molecule has 0 radical (unpaired) electrons. The quantitative estimate of drug-likeness (QED) is 0.586. The zero-order valence-corrected chi connectivity index (χ0v) is 16.9. The Morgan fingerprint density at radius 2 is 1.93 bits per heavy atom. The third-order valence-corrected chi connectivity index (χ3v) is 5.14. The maximum atomic E-state index is 12.3. The fourth-order valence-corrected chi connectivity index (χ4v) is 3.63. The summed E-state index contributed by atoms with van der Waals surface area (Å²) in [6.07, 6.45) is 0. The molecule has 1 aromatic heterocycles. The highest BCUT2D eigenvalue weighted by Crippen LogP contribution is 2.27. The molecular formula is C18H16Cl2N4O2S. The minimum Gasteiger partial charge on any atom is -0.497 e. The van der Waals surface area contributed by atoms with E-state index in [1.165, 1.54) is 11.8 Å². The number of nitrogens with one attached hydrogen (secondary N) is 1. The highest BCUT2D eigenvalue weighted by atomic mass is 35.5. The lowest BCUT2D eigenvalue weighted by Crippen LogP contribution is -2.15. The molecule has 9 heteroatoms. The Bertz CT molecular complexity index is 960. The Morgan fingerprint density at radius 3 is 2.59 bits per heavy atom. The van der Waals surface area contributed by atoms with Crippen molar-refractivity contribution in [1.82, 2.24) is 14.8 Å². The number of nitrogens with zero attached hydrogens (tertiary/aromatic N) is 3. The molecule has 0 saturated carbocycles. The van der Waals surface area contributed by atoms with Crippen LogP contribution in [0.4, 0.5) is 5.69 Å². The van der Waals surface area contributed by atoms with Crippen molar-refractivity contribution in [3.8, 4) is 11.4 Å². The van der Waals surface area contributed by atoms with Crippen molar-refractivity contribution in [2.24, 2.45) is 0 Å². The lowest BCUT2D eigenvalue weighted by molar-refractivity contribution is -0.113. The zero-order valence-electron chi connectivity index (χ0n) is 14.6. The first-order chi connectivity index (χ1) is 13.0. The number of aryl methyl sites for hydroxylation is 1. The number of aromatic nitrogens is 3. The molecule has 0 saturated heterocycles. The van der Waals surface area contributed by atoms with E-state index in [1.54, 1.807) is 25.3 Å². The molecule has 3 aromatic rings. The van der Waals surface area contributed by atoms with Crippen LogP contribution >= 0.6 is 35.0 Å². The van der Waals surface area contributed by atoms with E-state index in [0.29, 0.717) is 20.9 Å². The average Bonchev–Trinajstić information content (AvgIpc) is 3.03. The van der Waals surface area contributed by atoms with Crippen LogP contribution in [-0.4, -0.2) is 33.5 Å². The maximum Gasteiger partial charge on any atom is 0.234 e. The molecule has 0 fully saturated rings. The van der Waals surface area contributed by atoms with Crippen molar-refractivity contribution in [3.05, 3.63) is 58.3 Å². The summed E-state index contributed by atoms with van der Waals surface area (Å²) in [5.74, 6) is 1.45. The van der Waals surface area contributed by atoms with Gasteiger partial charge in [-0.3, -0.25) is 9.36 Å². The van der Waals surface area contributed by atoms with E-state index in [2.05, 4.69) is 15.5 Å². The summed E-state index contributed by atoms with van der Waals surface area (Å²) in [6, 6.07) is 12.4. The molecule has 0 spiro atoms. The smallest absolute Gasteiger partial charge is 0.234 e. The van der Waals surface area contributed by atoms with E-state index in [9.17, 15) is 4.79 Å². The van der Waals surface area contributed by atoms with Crippen LogP contribution in [0.15, 0.2) is 47.6 Å². The summed E-state index contributed by atoms with van der Waals surface area (Å²) < 4.78 is 7.06. The number of hydrogen-bond acceptors (Lipinski definition) is 5. The topological polar surface area (TPSA) is 69.0 Å². The minimum atomic E-state index is -0.203. The fourth-order valence-electron chi connectivity index (χ4n) is 2.37. The van der Waals surface area contributed by atoms with Gasteiger partial charge in [0.25, 0.3) is 0 Å². The number of carbonyl (C=O) groups excluding carboxylic acids is 1. The molecule has 0 unspecified atom stereocenters. The summed E-state index contributed by atoms with van der Waals surface area (Å²) in [5.41, 5.74) is 1.40. The van der Waals surface area contributed by atoms with Crippen LogP contribution in [0.1, 0.15) is 5.82 Å². The molecule has 0 aliphatic carbocycles. The van der Waals surface area contributed by atoms with Crippen LogP contribution in [0, 0.1) is 6.92 Å². The SMILES string of the molecule is COc1ccc(-n2c(C)nnc2SCC(=O)Nc2ccc(Cl)cc2Cl)cc1. The largest absolute Gasteiger partial charge is 0.497 e. The number of carbonyl (C=O) groups is 1. The second-order valence-electron chi connectivity index (χ2n) is 5.52. The molecule has 0 aliphatic heterocycles. The molecule has 3 rings (SSSR count). The average molecular weight is 423 g/mol. The lowest BCUT2D eigenvalue weighted by atomic mass is 10.3. The van der Waals surface area contributed by atoms with Crippen LogP contribution in [-0.2, 0) is 4.79 Å². The predicted octanol–water partition coefficient (Wildman–Crippen LogP) is 4.62. The van der Waals surface area contributed by atoms with Gasteiger partial charge in [-0.1, -0.05) is 35.0 Å². The number of hydrogen-bond donors (Lipinski definition) is 1. The van der Waals surface area contributed by atoms with Crippen LogP contribution in [0.2, 0.25) is 10.0 Å². The van der Waals surface area contributed by atoms with Crippen molar-refractivity contribution in [3.63, 3.8) is 0 Å². The zero-order chi connectivity index (χ0) is 19.4. The molecule has 0 bridgehead atoms. The number of amides is 1. The lowest BCUT2D eigenvalue weighted by Gasteiger charge is -2.10. The van der Waals surface area contributed by atoms with E-state index in [-0.39, 0.29) is 11.7 Å². The van der Waals surface area contributed by atoms with E-state index < -0.39 is 0 Å². The van der Waals surface area contributed by atoms with Gasteiger partial charge < -0.3 is 10.1 Å². The molecule has 27 heavy (non-hydrogen) atoms. The third kappa shape index (κ3) is 4.74. The fraction of sp³-hybridized carbons (Fsp3) is 0.167. The van der Waals surface area contributed by atoms with Crippen LogP contribution in [0.3, 0.4) is 0 Å². The van der Waals surface area contributed by atoms with Crippen LogP contribution < -0.4 is 10.1 Å². The van der Waals surface area contributed by atoms with Gasteiger partial charge in [0.15, 0.2) is 5.16 Å². The van der Waals surface area contributed by atoms with Crippen LogP contribution in [0.25, 0.3) is 5.69 Å². The monoisotopic (exact) mass is 422 g/mol. The van der Waals surface area contributed by atoms with E-state index >= 15 is 0 Å². The van der Waals surface area contributed by atoms with E-state index in [1.807, 2.05) is 35.8 Å². The van der Waals surface area contributed by atoms with Gasteiger partial charge in [0.1, 0.15) is 11.6 Å². The molecule has 1 amide bonds. The Hall–Kier alpha value is -2.22. The highest BCUT2D eigenvalue weighted by molar-refractivity contribution is 7.99. The van der Waals surface area contributed by atoms with Crippen molar-refractivity contribution in [2.75, 3.05) is 18.2 Å². The summed E-state index contributed by atoms with van der Waals surface area (Å²) >= 11 is 13.2. The maximum absolute atomic E-state index is 12.3. The number of anilines is 1. The second-order valence-corrected chi connectivity index (χ2v) is 7.31. The summed E-state index contributed by atoms with van der Waals surface area (Å²) in [6.45, 7) is 1.86. The Balaban J connectivity index is 1.70. The van der Waals surface area contributed by atoms with Crippen molar-refractivity contribution in [2.45, 2.75) is 12.1 Å². The highest BCUT2D eigenvalue weighted by Gasteiger charge is 2.14. The summed E-state index contributed by atoms with van der Waals surface area (Å²) in [4.78, 5) is 12.3. The number of ether oxygens (including phenoxy) is 1. The van der Waals surface area contributed by atoms with Crippen molar-refractivity contribution >= 4 is 46.6 Å². The number of halogens is 2. The first kappa shape index (κ1) is 19.5. The minimum absolute atomic E-state index is 0.160. The number of methoxy groups -OCH3 is 1. The predicted molar refractivity (Wildman–Crippen MR) is 108 cm³/mol. The van der Waals surface area contributed by atoms with Gasteiger partial charge in [-0.25, -0.2) is 0 Å². The Morgan fingerprint density at radius 1 is 1.19 bits per heavy atom. The van der Waals surface area contributed by atoms with Gasteiger partial charge in [-0.2, -0.15) is 0 Å². The Kier molecular flexibility index (Phi) is 6.26. The van der Waals surface area contributed by atoms with Crippen molar-refractivity contribution < 1.29 is 9.53 Å². The second kappa shape index (κ2) is 8.65. The Labute approximate surface area is 170 Å². The molecule has 6 nitrogen and oxygen atoms in total. The molecule has 0 atom stereocenters. The molecule has 1 heterocycles. The molecule has 140 valence electrons. The molecule has 2 aromatic carbocycles. The van der Waals surface area contributed by atoms with E-state index in [0.717, 1.165) is 17.3 Å². The van der Waals surface area contributed by atoms with E-state index in [4.69, 9.17) is 27.9 Å². The van der Waals surface area contributed by atoms with Gasteiger partial charge >= 0.3 is 0 Å². The number of thioether (sulfide) groups is 1. The van der Waals surface area contributed by atoms with Gasteiger partial charge in [0, 0.05) is 10.7 Å². The van der Waals surface area contributed by atoms with Crippen LogP contribution in [0.5, 0.6) is 5.75 Å². The van der Waals surface area contributed by atoms with Gasteiger partial charge in [0.05, 0.1) is 23.6 Å². The first-order valence-corrected chi connectivity index (χ1v) is 9.66. The number of rotatable bonds is 6. The third-order valence-electron chi connectivity index (χ3n) is 3.66. The normalized spacial score (nSPS) is 10.7. The first-order valence-electron chi connectivity index (χ1n) is 7.92. The molecule has 0 aliphatic rings. The summed E-state index contributed by atoms with van der Waals surface area (Å²) in [7, 11) is 1.62. The van der Waals surface area contributed by atoms with Gasteiger partial charge in [0.2, 0.25) is 5.91 Å². The number of benzene rings is 2. The van der Waals surface area contributed by atoms with Crippen molar-refractivity contribution in [1.29, 1.82) is 0 Å². The summed E-state index contributed by atoms with van der Waals surface area (Å²) in [5, 5.41) is 12.6. The molecular weight excluding hydrogens is 407 g/mol. The standard InChI is InChI=1S/C18H16Cl2N4O2S/c1-11-22-23-18(24(11)13-4-6-14(26-2)7-5-13)27-10-17(25)21-16-8-3-12(19)9-15(16)20/h3-9H,10H2,1-2H3,(H,21,25).